The number of hydrogen-bond donors (Lipinski definition) is 1. The minimum absolute atomic E-state index is 0.691. The van der Waals surface area contributed by atoms with Crippen molar-refractivity contribution in [2.24, 2.45) is 0 Å². The van der Waals surface area contributed by atoms with Crippen LogP contribution in [-0.2, 0) is 0 Å². The van der Waals surface area contributed by atoms with Crippen LogP contribution in [0.5, 0.6) is 0 Å². The van der Waals surface area contributed by atoms with Crippen LogP contribution < -0.4 is 5.73 Å². The molecule has 0 saturated carbocycles. The summed E-state index contributed by atoms with van der Waals surface area (Å²) >= 11 is 6.12. The third kappa shape index (κ3) is 2.13. The first kappa shape index (κ1) is 10.1. The van der Waals surface area contributed by atoms with Gasteiger partial charge in [0, 0.05) is 11.3 Å². The van der Waals surface area contributed by atoms with Gasteiger partial charge in [0.15, 0.2) is 0 Å². The van der Waals surface area contributed by atoms with Crippen molar-refractivity contribution in [3.05, 3.63) is 53.1 Å². The predicted octanol–water partition coefficient (Wildman–Crippen LogP) is 3.90. The molecule has 2 aromatic carbocycles. The van der Waals surface area contributed by atoms with E-state index in [9.17, 15) is 0 Å². The van der Waals surface area contributed by atoms with Gasteiger partial charge in [0.25, 0.3) is 0 Å². The lowest BCUT2D eigenvalue weighted by Crippen LogP contribution is -1.86. The minimum atomic E-state index is 0.691. The molecule has 0 aliphatic carbocycles. The molecule has 2 aromatic rings. The normalized spacial score (nSPS) is 10.3. The average molecular weight is 218 g/mol. The van der Waals surface area contributed by atoms with Crippen LogP contribution in [0.1, 0.15) is 5.56 Å². The Bertz CT molecular complexity index is 474. The van der Waals surface area contributed by atoms with Gasteiger partial charge in [-0.05, 0) is 24.6 Å². The Balaban J connectivity index is 2.49. The van der Waals surface area contributed by atoms with E-state index in [0.717, 1.165) is 11.1 Å². The first-order valence-corrected chi connectivity index (χ1v) is 5.17. The maximum Gasteiger partial charge on any atom is 0.0504 e. The topological polar surface area (TPSA) is 26.0 Å². The van der Waals surface area contributed by atoms with Crippen LogP contribution >= 0.6 is 11.6 Å². The fourth-order valence-corrected chi connectivity index (χ4v) is 1.80. The van der Waals surface area contributed by atoms with E-state index in [2.05, 4.69) is 31.2 Å². The zero-order valence-electron chi connectivity index (χ0n) is 8.50. The lowest BCUT2D eigenvalue weighted by atomic mass is 10.0. The number of anilines is 1. The smallest absolute Gasteiger partial charge is 0.0504 e. The van der Waals surface area contributed by atoms with Crippen molar-refractivity contribution in [3.8, 4) is 11.1 Å². The summed E-state index contributed by atoms with van der Waals surface area (Å²) in [7, 11) is 0. The zero-order valence-corrected chi connectivity index (χ0v) is 9.25. The van der Waals surface area contributed by atoms with E-state index < -0.39 is 0 Å². The van der Waals surface area contributed by atoms with Crippen LogP contribution in [0.15, 0.2) is 42.5 Å². The van der Waals surface area contributed by atoms with Crippen molar-refractivity contribution >= 4 is 17.3 Å². The number of nitrogen functional groups attached to an aromatic ring is 1. The van der Waals surface area contributed by atoms with Crippen LogP contribution in [0.2, 0.25) is 5.02 Å². The average Bonchev–Trinajstić information content (AvgIpc) is 2.20. The summed E-state index contributed by atoms with van der Waals surface area (Å²) in [6, 6.07) is 13.9. The first-order valence-electron chi connectivity index (χ1n) is 4.79. The van der Waals surface area contributed by atoms with E-state index in [-0.39, 0.29) is 0 Å². The standard InChI is InChI=1S/C13H12ClN/c1-9-2-4-10(5-3-9)12-7-6-11(15)8-13(12)14/h2-8H,15H2,1H3. The van der Waals surface area contributed by atoms with Crippen molar-refractivity contribution in [3.63, 3.8) is 0 Å². The van der Waals surface area contributed by atoms with E-state index in [4.69, 9.17) is 17.3 Å². The monoisotopic (exact) mass is 217 g/mol. The van der Waals surface area contributed by atoms with Gasteiger partial charge in [0.05, 0.1) is 5.02 Å². The van der Waals surface area contributed by atoms with Crippen molar-refractivity contribution in [2.45, 2.75) is 6.92 Å². The van der Waals surface area contributed by atoms with Gasteiger partial charge in [-0.3, -0.25) is 0 Å². The maximum atomic E-state index is 6.12. The fraction of sp³-hybridized carbons (Fsp3) is 0.0769. The molecule has 0 aromatic heterocycles. The highest BCUT2D eigenvalue weighted by Crippen LogP contribution is 2.29. The Labute approximate surface area is 94.5 Å². The third-order valence-corrected chi connectivity index (χ3v) is 2.67. The summed E-state index contributed by atoms with van der Waals surface area (Å²) in [4.78, 5) is 0. The second kappa shape index (κ2) is 3.95. The summed E-state index contributed by atoms with van der Waals surface area (Å²) in [6.45, 7) is 2.06. The highest BCUT2D eigenvalue weighted by atomic mass is 35.5. The SMILES string of the molecule is Cc1ccc(-c2ccc(N)cc2Cl)cc1. The molecule has 0 heterocycles. The molecule has 0 bridgehead atoms. The Morgan fingerprint density at radius 2 is 1.67 bits per heavy atom. The Morgan fingerprint density at radius 3 is 2.27 bits per heavy atom. The zero-order chi connectivity index (χ0) is 10.8. The van der Waals surface area contributed by atoms with E-state index in [1.165, 1.54) is 5.56 Å². The molecule has 2 N–H and O–H groups in total. The van der Waals surface area contributed by atoms with Crippen molar-refractivity contribution in [2.75, 3.05) is 5.73 Å². The number of hydrogen-bond acceptors (Lipinski definition) is 1. The van der Waals surface area contributed by atoms with Gasteiger partial charge in [0.1, 0.15) is 0 Å². The second-order valence-corrected chi connectivity index (χ2v) is 4.01. The van der Waals surface area contributed by atoms with Crippen molar-refractivity contribution < 1.29 is 0 Å². The quantitative estimate of drug-likeness (QED) is 0.721. The van der Waals surface area contributed by atoms with Crippen molar-refractivity contribution in [1.82, 2.24) is 0 Å². The molecule has 0 spiro atoms. The van der Waals surface area contributed by atoms with Gasteiger partial charge in [-0.25, -0.2) is 0 Å². The van der Waals surface area contributed by atoms with Crippen LogP contribution in [0.25, 0.3) is 11.1 Å². The highest BCUT2D eigenvalue weighted by Gasteiger charge is 2.02. The number of benzene rings is 2. The van der Waals surface area contributed by atoms with Gasteiger partial charge in [-0.15, -0.1) is 0 Å². The van der Waals surface area contributed by atoms with Crippen molar-refractivity contribution in [1.29, 1.82) is 0 Å². The van der Waals surface area contributed by atoms with Gasteiger partial charge in [-0.2, -0.15) is 0 Å². The lowest BCUT2D eigenvalue weighted by molar-refractivity contribution is 1.47. The largest absolute Gasteiger partial charge is 0.399 e. The number of rotatable bonds is 1. The van der Waals surface area contributed by atoms with Gasteiger partial charge in [-0.1, -0.05) is 47.5 Å². The molecule has 1 nitrogen and oxygen atoms in total. The summed E-state index contributed by atoms with van der Waals surface area (Å²) in [5.41, 5.74) is 9.71. The molecule has 0 unspecified atom stereocenters. The summed E-state index contributed by atoms with van der Waals surface area (Å²) in [5, 5.41) is 0.693. The number of halogens is 1. The van der Waals surface area contributed by atoms with E-state index in [0.29, 0.717) is 10.7 Å². The summed E-state index contributed by atoms with van der Waals surface area (Å²) in [5.74, 6) is 0. The molecule has 0 aliphatic heterocycles. The fourth-order valence-electron chi connectivity index (χ4n) is 1.50. The molecule has 0 atom stereocenters. The predicted molar refractivity (Wildman–Crippen MR) is 66.0 cm³/mol. The van der Waals surface area contributed by atoms with E-state index in [1.807, 2.05) is 12.1 Å². The van der Waals surface area contributed by atoms with Gasteiger partial charge >= 0.3 is 0 Å². The van der Waals surface area contributed by atoms with Crippen LogP contribution in [0.3, 0.4) is 0 Å². The Hall–Kier alpha value is -1.47. The van der Waals surface area contributed by atoms with Gasteiger partial charge < -0.3 is 5.73 Å². The molecule has 15 heavy (non-hydrogen) atoms. The Kier molecular flexibility index (Phi) is 2.65. The number of aryl methyl sites for hydroxylation is 1. The molecule has 2 rings (SSSR count). The molecule has 2 heteroatoms. The van der Waals surface area contributed by atoms with Gasteiger partial charge in [0.2, 0.25) is 0 Å². The first-order chi connectivity index (χ1) is 7.16. The second-order valence-electron chi connectivity index (χ2n) is 3.61. The molecule has 0 radical (unpaired) electrons. The molecular weight excluding hydrogens is 206 g/mol. The molecular formula is C13H12ClN. The Morgan fingerprint density at radius 1 is 1.00 bits per heavy atom. The third-order valence-electron chi connectivity index (χ3n) is 2.36. The molecule has 0 saturated heterocycles. The van der Waals surface area contributed by atoms with E-state index in [1.54, 1.807) is 6.07 Å². The molecule has 0 amide bonds. The minimum Gasteiger partial charge on any atom is -0.399 e. The highest BCUT2D eigenvalue weighted by molar-refractivity contribution is 6.33. The summed E-state index contributed by atoms with van der Waals surface area (Å²) in [6.07, 6.45) is 0. The van der Waals surface area contributed by atoms with E-state index >= 15 is 0 Å². The summed E-state index contributed by atoms with van der Waals surface area (Å²) < 4.78 is 0. The maximum absolute atomic E-state index is 6.12. The number of nitrogens with two attached hydrogens (primary N) is 1. The van der Waals surface area contributed by atoms with Crippen LogP contribution in [0, 0.1) is 6.92 Å². The van der Waals surface area contributed by atoms with Crippen LogP contribution in [0.4, 0.5) is 5.69 Å². The van der Waals surface area contributed by atoms with Crippen LogP contribution in [-0.4, -0.2) is 0 Å². The lowest BCUT2D eigenvalue weighted by Gasteiger charge is -2.05. The molecule has 76 valence electrons. The molecule has 0 fully saturated rings. The molecule has 0 aliphatic rings.